The highest BCUT2D eigenvalue weighted by Gasteiger charge is 2.28. The molecule has 1 aromatic heterocycles. The lowest BCUT2D eigenvalue weighted by atomic mass is 10.1. The molecule has 1 fully saturated rings. The quantitative estimate of drug-likeness (QED) is 0.888. The second-order valence-corrected chi connectivity index (χ2v) is 7.81. The molecule has 1 aliphatic heterocycles. The number of nitrogens with zero attached hydrogens (tertiary/aromatic N) is 3. The first-order valence-electron chi connectivity index (χ1n) is 9.02. The zero-order valence-electron chi connectivity index (χ0n) is 16.6. The van der Waals surface area contributed by atoms with Crippen molar-refractivity contribution in [1.82, 2.24) is 20.3 Å². The molecule has 1 atom stereocenters. The van der Waals surface area contributed by atoms with Crippen molar-refractivity contribution in [2.75, 3.05) is 26.2 Å². The molecule has 146 valence electrons. The predicted octanol–water partition coefficient (Wildman–Crippen LogP) is 2.48. The molecule has 2 heterocycles. The summed E-state index contributed by atoms with van der Waals surface area (Å²) in [6, 6.07) is -0.156. The van der Waals surface area contributed by atoms with E-state index in [0.717, 1.165) is 17.0 Å². The number of amides is 3. The van der Waals surface area contributed by atoms with Crippen LogP contribution in [0.15, 0.2) is 4.52 Å². The molecular weight excluding hydrogens is 336 g/mol. The third-order valence-electron chi connectivity index (χ3n) is 4.28. The zero-order valence-corrected chi connectivity index (χ0v) is 16.6. The van der Waals surface area contributed by atoms with Crippen LogP contribution < -0.4 is 5.32 Å². The molecule has 8 heteroatoms. The van der Waals surface area contributed by atoms with Crippen molar-refractivity contribution in [3.05, 3.63) is 17.0 Å². The van der Waals surface area contributed by atoms with E-state index in [1.165, 1.54) is 0 Å². The Morgan fingerprint density at radius 3 is 2.27 bits per heavy atom. The maximum atomic E-state index is 12.5. The molecule has 1 aliphatic rings. The maximum Gasteiger partial charge on any atom is 0.410 e. The normalized spacial score (nSPS) is 16.4. The Labute approximate surface area is 154 Å². The molecule has 0 aliphatic carbocycles. The van der Waals surface area contributed by atoms with E-state index in [9.17, 15) is 9.59 Å². The van der Waals surface area contributed by atoms with Crippen LogP contribution in [0.2, 0.25) is 0 Å². The molecule has 1 saturated heterocycles. The van der Waals surface area contributed by atoms with Crippen LogP contribution in [-0.2, 0) is 11.2 Å². The second-order valence-electron chi connectivity index (χ2n) is 7.81. The van der Waals surface area contributed by atoms with Crippen molar-refractivity contribution in [3.63, 3.8) is 0 Å². The number of hydrogen-bond donors (Lipinski definition) is 1. The fraction of sp³-hybridized carbons (Fsp3) is 0.722. The smallest absolute Gasteiger partial charge is 0.410 e. The monoisotopic (exact) mass is 366 g/mol. The summed E-state index contributed by atoms with van der Waals surface area (Å²) in [4.78, 5) is 27.9. The van der Waals surface area contributed by atoms with Crippen LogP contribution >= 0.6 is 0 Å². The van der Waals surface area contributed by atoms with Crippen LogP contribution in [0.5, 0.6) is 0 Å². The number of aromatic nitrogens is 1. The van der Waals surface area contributed by atoms with Gasteiger partial charge in [-0.25, -0.2) is 9.59 Å². The van der Waals surface area contributed by atoms with Crippen LogP contribution in [-0.4, -0.2) is 64.9 Å². The number of nitrogens with one attached hydrogen (secondary N) is 1. The average Bonchev–Trinajstić information content (AvgIpc) is 2.85. The summed E-state index contributed by atoms with van der Waals surface area (Å²) in [7, 11) is 0. The number of piperazine rings is 1. The van der Waals surface area contributed by atoms with Gasteiger partial charge in [0.05, 0.1) is 5.69 Å². The standard InChI is InChI=1S/C18H30N4O4/c1-12(11-15-13(2)20-26-14(15)3)19-16(23)21-7-9-22(10-8-21)17(24)25-18(4,5)6/h12H,7-11H2,1-6H3,(H,19,23). The Morgan fingerprint density at radius 2 is 1.77 bits per heavy atom. The Hall–Kier alpha value is -2.25. The van der Waals surface area contributed by atoms with E-state index >= 15 is 0 Å². The van der Waals surface area contributed by atoms with Crippen molar-refractivity contribution < 1.29 is 18.8 Å². The van der Waals surface area contributed by atoms with Crippen molar-refractivity contribution in [2.45, 2.75) is 59.6 Å². The van der Waals surface area contributed by atoms with Gasteiger partial charge in [-0.05, 0) is 48.0 Å². The lowest BCUT2D eigenvalue weighted by Gasteiger charge is -2.36. The fourth-order valence-electron chi connectivity index (χ4n) is 2.87. The number of carbonyl (C=O) groups is 2. The highest BCUT2D eigenvalue weighted by atomic mass is 16.6. The number of ether oxygens (including phenoxy) is 1. The summed E-state index contributed by atoms with van der Waals surface area (Å²) in [5.41, 5.74) is 1.38. The Morgan fingerprint density at radius 1 is 1.19 bits per heavy atom. The Balaban J connectivity index is 1.80. The topological polar surface area (TPSA) is 87.9 Å². The van der Waals surface area contributed by atoms with Gasteiger partial charge in [-0.1, -0.05) is 5.16 Å². The third-order valence-corrected chi connectivity index (χ3v) is 4.28. The zero-order chi connectivity index (χ0) is 19.5. The fourth-order valence-corrected chi connectivity index (χ4v) is 2.87. The average molecular weight is 366 g/mol. The van der Waals surface area contributed by atoms with Crippen LogP contribution in [0, 0.1) is 13.8 Å². The molecule has 0 aromatic carbocycles. The van der Waals surface area contributed by atoms with E-state index in [0.29, 0.717) is 32.6 Å². The van der Waals surface area contributed by atoms with Gasteiger partial charge in [0, 0.05) is 37.8 Å². The van der Waals surface area contributed by atoms with Gasteiger partial charge < -0.3 is 24.4 Å². The lowest BCUT2D eigenvalue weighted by Crippen LogP contribution is -2.55. The van der Waals surface area contributed by atoms with Crippen molar-refractivity contribution in [3.8, 4) is 0 Å². The third kappa shape index (κ3) is 5.37. The maximum absolute atomic E-state index is 12.5. The predicted molar refractivity (Wildman–Crippen MR) is 97.1 cm³/mol. The minimum Gasteiger partial charge on any atom is -0.444 e. The molecule has 1 aromatic rings. The summed E-state index contributed by atoms with van der Waals surface area (Å²) in [6.45, 7) is 13.2. The number of aryl methyl sites for hydroxylation is 2. The van der Waals surface area contributed by atoms with E-state index in [2.05, 4.69) is 10.5 Å². The summed E-state index contributed by atoms with van der Waals surface area (Å²) < 4.78 is 10.5. The van der Waals surface area contributed by atoms with Gasteiger partial charge in [0.1, 0.15) is 11.4 Å². The van der Waals surface area contributed by atoms with E-state index in [1.54, 1.807) is 9.80 Å². The SMILES string of the molecule is Cc1noc(C)c1CC(C)NC(=O)N1CCN(C(=O)OC(C)(C)C)CC1. The molecule has 26 heavy (non-hydrogen) atoms. The Kier molecular flexibility index (Phi) is 6.15. The van der Waals surface area contributed by atoms with Crippen molar-refractivity contribution >= 4 is 12.1 Å². The van der Waals surface area contributed by atoms with Gasteiger partial charge in [0.2, 0.25) is 0 Å². The molecule has 0 spiro atoms. The molecule has 0 radical (unpaired) electrons. The highest BCUT2D eigenvalue weighted by Crippen LogP contribution is 2.15. The van der Waals surface area contributed by atoms with E-state index in [-0.39, 0.29) is 18.2 Å². The first kappa shape index (κ1) is 20.1. The summed E-state index contributed by atoms with van der Waals surface area (Å²) in [6.07, 6.45) is 0.342. The number of rotatable bonds is 3. The summed E-state index contributed by atoms with van der Waals surface area (Å²) >= 11 is 0. The molecule has 8 nitrogen and oxygen atoms in total. The second kappa shape index (κ2) is 7.97. The van der Waals surface area contributed by atoms with Gasteiger partial charge in [-0.3, -0.25) is 0 Å². The Bertz CT molecular complexity index is 623. The van der Waals surface area contributed by atoms with Crippen molar-refractivity contribution in [2.24, 2.45) is 0 Å². The first-order valence-corrected chi connectivity index (χ1v) is 9.02. The lowest BCUT2D eigenvalue weighted by molar-refractivity contribution is 0.0169. The molecular formula is C18H30N4O4. The minimum atomic E-state index is -0.515. The number of carbonyl (C=O) groups excluding carboxylic acids is 2. The van der Waals surface area contributed by atoms with Gasteiger partial charge in [-0.15, -0.1) is 0 Å². The van der Waals surface area contributed by atoms with Crippen LogP contribution in [0.1, 0.15) is 44.7 Å². The molecule has 0 saturated carbocycles. The van der Waals surface area contributed by atoms with Crippen molar-refractivity contribution in [1.29, 1.82) is 0 Å². The largest absolute Gasteiger partial charge is 0.444 e. The summed E-state index contributed by atoms with van der Waals surface area (Å²) in [5.74, 6) is 0.787. The molecule has 1 unspecified atom stereocenters. The van der Waals surface area contributed by atoms with E-state index in [4.69, 9.17) is 9.26 Å². The van der Waals surface area contributed by atoms with Crippen LogP contribution in [0.25, 0.3) is 0 Å². The summed E-state index contributed by atoms with van der Waals surface area (Å²) in [5, 5.41) is 6.95. The van der Waals surface area contributed by atoms with Gasteiger partial charge in [0.15, 0.2) is 0 Å². The van der Waals surface area contributed by atoms with E-state index < -0.39 is 5.60 Å². The van der Waals surface area contributed by atoms with Crippen LogP contribution in [0.4, 0.5) is 9.59 Å². The number of urea groups is 1. The number of hydrogen-bond acceptors (Lipinski definition) is 5. The van der Waals surface area contributed by atoms with Gasteiger partial charge in [0.25, 0.3) is 0 Å². The van der Waals surface area contributed by atoms with E-state index in [1.807, 2.05) is 41.5 Å². The van der Waals surface area contributed by atoms with Crippen LogP contribution in [0.3, 0.4) is 0 Å². The molecule has 0 bridgehead atoms. The van der Waals surface area contributed by atoms with Gasteiger partial charge >= 0.3 is 12.1 Å². The highest BCUT2D eigenvalue weighted by molar-refractivity contribution is 5.75. The molecule has 3 amide bonds. The molecule has 1 N–H and O–H groups in total. The first-order chi connectivity index (χ1) is 12.1. The van der Waals surface area contributed by atoms with Gasteiger partial charge in [-0.2, -0.15) is 0 Å². The molecule has 2 rings (SSSR count). The minimum absolute atomic E-state index is 0.0387.